The third-order valence-electron chi connectivity index (χ3n) is 1.20. The van der Waals surface area contributed by atoms with Crippen molar-refractivity contribution in [1.82, 2.24) is 0 Å². The first kappa shape index (κ1) is 12.7. The lowest BCUT2D eigenvalue weighted by molar-refractivity contribution is -0.142. The molecule has 0 atom stereocenters. The molecule has 0 aromatic rings. The van der Waals surface area contributed by atoms with Gasteiger partial charge in [-0.05, 0) is 12.0 Å². The molecule has 80 valence electrons. The standard InChI is InChI=1S/C7H13N3O4/c8-10-9-2-5-13-3-1-4-14-6-7(11)12/h1-6H2,(H,11,12). The van der Waals surface area contributed by atoms with E-state index in [4.69, 9.17) is 20.1 Å². The van der Waals surface area contributed by atoms with Crippen molar-refractivity contribution in [2.24, 2.45) is 5.11 Å². The molecule has 0 fully saturated rings. The van der Waals surface area contributed by atoms with Gasteiger partial charge in [0, 0.05) is 24.7 Å². The molecule has 0 bridgehead atoms. The molecule has 0 spiro atoms. The zero-order valence-corrected chi connectivity index (χ0v) is 7.76. The van der Waals surface area contributed by atoms with Crippen LogP contribution in [0.3, 0.4) is 0 Å². The van der Waals surface area contributed by atoms with E-state index < -0.39 is 5.97 Å². The van der Waals surface area contributed by atoms with Crippen molar-refractivity contribution in [2.75, 3.05) is 33.0 Å². The van der Waals surface area contributed by atoms with E-state index in [-0.39, 0.29) is 6.61 Å². The van der Waals surface area contributed by atoms with Crippen LogP contribution in [0.1, 0.15) is 6.42 Å². The molecule has 7 heteroatoms. The minimum absolute atomic E-state index is 0.279. The van der Waals surface area contributed by atoms with Crippen molar-refractivity contribution in [2.45, 2.75) is 6.42 Å². The molecule has 1 N–H and O–H groups in total. The van der Waals surface area contributed by atoms with E-state index in [2.05, 4.69) is 10.0 Å². The van der Waals surface area contributed by atoms with E-state index >= 15 is 0 Å². The maximum absolute atomic E-state index is 10.0. The van der Waals surface area contributed by atoms with Crippen LogP contribution < -0.4 is 0 Å². The molecule has 0 aromatic heterocycles. The van der Waals surface area contributed by atoms with Crippen LogP contribution >= 0.6 is 0 Å². The van der Waals surface area contributed by atoms with Crippen LogP contribution in [0.4, 0.5) is 0 Å². The summed E-state index contributed by atoms with van der Waals surface area (Å²) in [4.78, 5) is 12.6. The molecule has 0 amide bonds. The van der Waals surface area contributed by atoms with Gasteiger partial charge < -0.3 is 14.6 Å². The fourth-order valence-corrected chi connectivity index (χ4v) is 0.675. The first-order valence-corrected chi connectivity index (χ1v) is 4.15. The Bertz CT molecular complexity index is 195. The quantitative estimate of drug-likeness (QED) is 0.259. The first-order valence-electron chi connectivity index (χ1n) is 4.15. The Kier molecular flexibility index (Phi) is 8.88. The SMILES string of the molecule is [N-]=[N+]=NCCOCCCOCC(=O)O. The van der Waals surface area contributed by atoms with Crippen LogP contribution in [0.25, 0.3) is 10.4 Å². The predicted molar refractivity (Wildman–Crippen MR) is 47.9 cm³/mol. The van der Waals surface area contributed by atoms with Crippen LogP contribution in [0.15, 0.2) is 5.11 Å². The predicted octanol–water partition coefficient (Wildman–Crippen LogP) is 0.805. The average Bonchev–Trinajstić information content (AvgIpc) is 2.15. The van der Waals surface area contributed by atoms with Crippen molar-refractivity contribution in [3.05, 3.63) is 10.4 Å². The van der Waals surface area contributed by atoms with Gasteiger partial charge in [-0.15, -0.1) is 0 Å². The van der Waals surface area contributed by atoms with Crippen molar-refractivity contribution in [3.8, 4) is 0 Å². The number of carboxylic acids is 1. The Balaban J connectivity index is 2.99. The highest BCUT2D eigenvalue weighted by molar-refractivity contribution is 5.67. The zero-order valence-electron chi connectivity index (χ0n) is 7.76. The largest absolute Gasteiger partial charge is 0.480 e. The Hall–Kier alpha value is -1.30. The number of ether oxygens (including phenoxy) is 2. The van der Waals surface area contributed by atoms with Gasteiger partial charge in [0.2, 0.25) is 0 Å². The third-order valence-corrected chi connectivity index (χ3v) is 1.20. The van der Waals surface area contributed by atoms with Gasteiger partial charge in [0.1, 0.15) is 6.61 Å². The zero-order chi connectivity index (χ0) is 10.6. The second kappa shape index (κ2) is 9.79. The minimum Gasteiger partial charge on any atom is -0.480 e. The van der Waals surface area contributed by atoms with E-state index in [1.165, 1.54) is 0 Å². The number of aliphatic carboxylic acids is 1. The second-order valence-electron chi connectivity index (χ2n) is 2.37. The number of rotatable bonds is 9. The lowest BCUT2D eigenvalue weighted by Gasteiger charge is -2.02. The third kappa shape index (κ3) is 10.7. The van der Waals surface area contributed by atoms with Crippen LogP contribution in [0.5, 0.6) is 0 Å². The molecule has 0 saturated heterocycles. The molecule has 0 aliphatic heterocycles. The second-order valence-corrected chi connectivity index (χ2v) is 2.37. The Morgan fingerprint density at radius 1 is 1.36 bits per heavy atom. The number of carboxylic acid groups (broad SMARTS) is 1. The minimum atomic E-state index is -0.978. The van der Waals surface area contributed by atoms with Gasteiger partial charge in [-0.3, -0.25) is 0 Å². The highest BCUT2D eigenvalue weighted by Crippen LogP contribution is 1.85. The summed E-state index contributed by atoms with van der Waals surface area (Å²) >= 11 is 0. The molecule has 0 aliphatic rings. The number of hydrogen-bond donors (Lipinski definition) is 1. The molecule has 7 nitrogen and oxygen atoms in total. The van der Waals surface area contributed by atoms with Crippen molar-refractivity contribution >= 4 is 5.97 Å². The maximum Gasteiger partial charge on any atom is 0.329 e. The van der Waals surface area contributed by atoms with Gasteiger partial charge in [0.25, 0.3) is 0 Å². The van der Waals surface area contributed by atoms with Crippen LogP contribution in [-0.2, 0) is 14.3 Å². The van der Waals surface area contributed by atoms with E-state index in [1.54, 1.807) is 0 Å². The molecular formula is C7H13N3O4. The summed E-state index contributed by atoms with van der Waals surface area (Å²) < 4.78 is 9.81. The summed E-state index contributed by atoms with van der Waals surface area (Å²) in [6, 6.07) is 0. The van der Waals surface area contributed by atoms with Gasteiger partial charge in [-0.1, -0.05) is 5.11 Å². The highest BCUT2D eigenvalue weighted by atomic mass is 16.5. The lowest BCUT2D eigenvalue weighted by Crippen LogP contribution is -2.09. The van der Waals surface area contributed by atoms with Crippen molar-refractivity contribution in [1.29, 1.82) is 0 Å². The Morgan fingerprint density at radius 2 is 2.07 bits per heavy atom. The number of azide groups is 1. The van der Waals surface area contributed by atoms with E-state index in [9.17, 15) is 4.79 Å². The summed E-state index contributed by atoms with van der Waals surface area (Å²) in [5.74, 6) is -0.978. The molecule has 0 unspecified atom stereocenters. The fraction of sp³-hybridized carbons (Fsp3) is 0.857. The summed E-state index contributed by atoms with van der Waals surface area (Å²) in [6.07, 6.45) is 0.629. The van der Waals surface area contributed by atoms with Gasteiger partial charge in [0.15, 0.2) is 0 Å². The van der Waals surface area contributed by atoms with Crippen LogP contribution in [-0.4, -0.2) is 44.0 Å². The summed E-state index contributed by atoms with van der Waals surface area (Å²) in [5.41, 5.74) is 7.92. The summed E-state index contributed by atoms with van der Waals surface area (Å²) in [5, 5.41) is 11.5. The fourth-order valence-electron chi connectivity index (χ4n) is 0.675. The van der Waals surface area contributed by atoms with Crippen LogP contribution in [0, 0.1) is 0 Å². The van der Waals surface area contributed by atoms with E-state index in [0.29, 0.717) is 32.8 Å². The molecular weight excluding hydrogens is 190 g/mol. The number of carbonyl (C=O) groups is 1. The van der Waals surface area contributed by atoms with Gasteiger partial charge in [-0.2, -0.15) is 0 Å². The number of nitrogens with zero attached hydrogens (tertiary/aromatic N) is 3. The Labute approximate surface area is 81.2 Å². The summed E-state index contributed by atoms with van der Waals surface area (Å²) in [7, 11) is 0. The first-order chi connectivity index (χ1) is 6.77. The van der Waals surface area contributed by atoms with Gasteiger partial charge >= 0.3 is 5.97 Å². The molecule has 0 aromatic carbocycles. The molecule has 14 heavy (non-hydrogen) atoms. The normalized spacial score (nSPS) is 9.43. The van der Waals surface area contributed by atoms with Crippen molar-refractivity contribution in [3.63, 3.8) is 0 Å². The highest BCUT2D eigenvalue weighted by Gasteiger charge is 1.95. The van der Waals surface area contributed by atoms with Gasteiger partial charge in [0.05, 0.1) is 6.61 Å². The molecule has 0 rings (SSSR count). The molecule has 0 radical (unpaired) electrons. The topological polar surface area (TPSA) is 105 Å². The smallest absolute Gasteiger partial charge is 0.329 e. The lowest BCUT2D eigenvalue weighted by atomic mass is 10.5. The maximum atomic E-state index is 10.0. The monoisotopic (exact) mass is 203 g/mol. The average molecular weight is 203 g/mol. The van der Waals surface area contributed by atoms with Crippen molar-refractivity contribution < 1.29 is 19.4 Å². The number of hydrogen-bond acceptors (Lipinski definition) is 4. The molecule has 0 aliphatic carbocycles. The van der Waals surface area contributed by atoms with E-state index in [1.807, 2.05) is 0 Å². The van der Waals surface area contributed by atoms with E-state index in [0.717, 1.165) is 0 Å². The Morgan fingerprint density at radius 3 is 2.71 bits per heavy atom. The van der Waals surface area contributed by atoms with Crippen LogP contribution in [0.2, 0.25) is 0 Å². The molecule has 0 saturated carbocycles. The molecule has 0 heterocycles. The summed E-state index contributed by atoms with van der Waals surface area (Å²) in [6.45, 7) is 1.24. The van der Waals surface area contributed by atoms with Gasteiger partial charge in [-0.25, -0.2) is 4.79 Å².